The number of benzene rings is 1. The van der Waals surface area contributed by atoms with Crippen molar-refractivity contribution in [2.24, 2.45) is 0 Å². The average molecular weight is 175 g/mol. The van der Waals surface area contributed by atoms with E-state index in [-0.39, 0.29) is 0 Å². The van der Waals surface area contributed by atoms with Crippen molar-refractivity contribution in [2.75, 3.05) is 11.9 Å². The van der Waals surface area contributed by atoms with Gasteiger partial charge in [0.15, 0.2) is 0 Å². The van der Waals surface area contributed by atoms with Crippen LogP contribution >= 0.6 is 0 Å². The first-order valence-corrected chi connectivity index (χ1v) is 4.75. The van der Waals surface area contributed by atoms with E-state index in [1.54, 1.807) is 0 Å². The number of nitrogens with one attached hydrogen (secondary N) is 1. The maximum Gasteiger partial charge on any atom is 0.0346 e. The third-order valence-electron chi connectivity index (χ3n) is 2.01. The Morgan fingerprint density at radius 1 is 1.38 bits per heavy atom. The van der Waals surface area contributed by atoms with Crippen molar-refractivity contribution in [1.29, 1.82) is 0 Å². The second kappa shape index (κ2) is 4.70. The van der Waals surface area contributed by atoms with Crippen molar-refractivity contribution in [2.45, 2.75) is 20.8 Å². The average Bonchev–Trinajstić information content (AvgIpc) is 2.12. The van der Waals surface area contributed by atoms with Gasteiger partial charge in [0, 0.05) is 12.2 Å². The third kappa shape index (κ3) is 2.62. The lowest BCUT2D eigenvalue weighted by atomic mass is 10.1. The number of rotatable bonds is 3. The summed E-state index contributed by atoms with van der Waals surface area (Å²) in [6.07, 6.45) is 4.20. The normalized spacial score (nSPS) is 10.7. The van der Waals surface area contributed by atoms with Gasteiger partial charge < -0.3 is 5.32 Å². The Bertz CT molecular complexity index is 300. The molecule has 0 fully saturated rings. The summed E-state index contributed by atoms with van der Waals surface area (Å²) in [5, 5.41) is 3.30. The maximum absolute atomic E-state index is 3.30. The lowest BCUT2D eigenvalue weighted by molar-refractivity contribution is 1.21. The van der Waals surface area contributed by atoms with Gasteiger partial charge in [-0.05, 0) is 44.0 Å². The first kappa shape index (κ1) is 9.85. The molecule has 1 rings (SSSR count). The first-order chi connectivity index (χ1) is 6.27. The molecule has 0 radical (unpaired) electrons. The molecule has 0 aliphatic heterocycles. The molecule has 1 nitrogen and oxygen atoms in total. The fraction of sp³-hybridized carbons (Fsp3) is 0.333. The van der Waals surface area contributed by atoms with E-state index in [2.05, 4.69) is 49.5 Å². The minimum Gasteiger partial charge on any atom is -0.385 e. The highest BCUT2D eigenvalue weighted by atomic mass is 14.8. The van der Waals surface area contributed by atoms with E-state index in [4.69, 9.17) is 0 Å². The maximum atomic E-state index is 3.30. The summed E-state index contributed by atoms with van der Waals surface area (Å²) in [7, 11) is 0. The molecule has 0 heterocycles. The molecule has 13 heavy (non-hydrogen) atoms. The second-order valence-corrected chi connectivity index (χ2v) is 3.10. The van der Waals surface area contributed by atoms with E-state index in [0.29, 0.717) is 0 Å². The van der Waals surface area contributed by atoms with Crippen LogP contribution in [-0.2, 0) is 0 Å². The molecule has 0 aromatic heterocycles. The highest BCUT2D eigenvalue weighted by Crippen LogP contribution is 2.16. The van der Waals surface area contributed by atoms with Gasteiger partial charge in [-0.3, -0.25) is 0 Å². The number of hydrogen-bond acceptors (Lipinski definition) is 1. The van der Waals surface area contributed by atoms with Gasteiger partial charge in [-0.15, -0.1) is 0 Å². The second-order valence-electron chi connectivity index (χ2n) is 3.10. The van der Waals surface area contributed by atoms with Crippen LogP contribution in [0.1, 0.15) is 25.0 Å². The number of aryl methyl sites for hydroxylation is 1. The van der Waals surface area contributed by atoms with E-state index >= 15 is 0 Å². The topological polar surface area (TPSA) is 12.0 Å². The Morgan fingerprint density at radius 2 is 2.15 bits per heavy atom. The predicted octanol–water partition coefficient (Wildman–Crippen LogP) is 3.46. The number of allylic oxidation sites excluding steroid dienone is 1. The molecule has 0 spiro atoms. The fourth-order valence-corrected chi connectivity index (χ4v) is 1.31. The smallest absolute Gasteiger partial charge is 0.0346 e. The highest BCUT2D eigenvalue weighted by molar-refractivity contribution is 5.60. The lowest BCUT2D eigenvalue weighted by Gasteiger charge is -2.06. The zero-order valence-corrected chi connectivity index (χ0v) is 8.59. The molecule has 0 unspecified atom stereocenters. The Balaban J connectivity index is 2.96. The van der Waals surface area contributed by atoms with Crippen molar-refractivity contribution in [3.8, 4) is 0 Å². The van der Waals surface area contributed by atoms with Crippen molar-refractivity contribution < 1.29 is 0 Å². The largest absolute Gasteiger partial charge is 0.385 e. The van der Waals surface area contributed by atoms with Crippen LogP contribution in [-0.4, -0.2) is 6.54 Å². The standard InChI is InChI=1S/C12H17N/c1-4-6-11-9-12(13-5-2)8-7-10(11)3/h4,6-9,13H,5H2,1-3H3/b6-4-. The molecule has 0 aliphatic rings. The quantitative estimate of drug-likeness (QED) is 0.741. The number of anilines is 1. The lowest BCUT2D eigenvalue weighted by Crippen LogP contribution is -1.96. The van der Waals surface area contributed by atoms with E-state index in [0.717, 1.165) is 6.54 Å². The van der Waals surface area contributed by atoms with Crippen molar-refractivity contribution >= 4 is 11.8 Å². The molecule has 70 valence electrons. The Kier molecular flexibility index (Phi) is 3.56. The van der Waals surface area contributed by atoms with Crippen LogP contribution in [0.2, 0.25) is 0 Å². The van der Waals surface area contributed by atoms with Crippen LogP contribution in [0.3, 0.4) is 0 Å². The van der Waals surface area contributed by atoms with Gasteiger partial charge in [-0.1, -0.05) is 18.2 Å². The molecular formula is C12H17N. The Labute approximate surface area is 80.5 Å². The van der Waals surface area contributed by atoms with Gasteiger partial charge in [-0.25, -0.2) is 0 Å². The summed E-state index contributed by atoms with van der Waals surface area (Å²) >= 11 is 0. The van der Waals surface area contributed by atoms with Crippen molar-refractivity contribution in [3.63, 3.8) is 0 Å². The summed E-state index contributed by atoms with van der Waals surface area (Å²) in [6.45, 7) is 7.25. The molecule has 1 aromatic carbocycles. The molecular weight excluding hydrogens is 158 g/mol. The van der Waals surface area contributed by atoms with Gasteiger partial charge in [0.05, 0.1) is 0 Å². The van der Waals surface area contributed by atoms with E-state index in [1.807, 2.05) is 6.92 Å². The summed E-state index contributed by atoms with van der Waals surface area (Å²) in [6, 6.07) is 6.44. The first-order valence-electron chi connectivity index (χ1n) is 4.75. The van der Waals surface area contributed by atoms with Gasteiger partial charge in [0.1, 0.15) is 0 Å². The van der Waals surface area contributed by atoms with Crippen LogP contribution < -0.4 is 5.32 Å². The van der Waals surface area contributed by atoms with E-state index in [1.165, 1.54) is 16.8 Å². The summed E-state index contributed by atoms with van der Waals surface area (Å²) in [4.78, 5) is 0. The van der Waals surface area contributed by atoms with Gasteiger partial charge in [-0.2, -0.15) is 0 Å². The van der Waals surface area contributed by atoms with Crippen molar-refractivity contribution in [1.82, 2.24) is 0 Å². The van der Waals surface area contributed by atoms with Crippen LogP contribution in [0.15, 0.2) is 24.3 Å². The molecule has 0 bridgehead atoms. The van der Waals surface area contributed by atoms with Gasteiger partial charge in [0.2, 0.25) is 0 Å². The van der Waals surface area contributed by atoms with Crippen LogP contribution in [0.25, 0.3) is 6.08 Å². The molecule has 0 saturated heterocycles. The molecule has 0 atom stereocenters. The van der Waals surface area contributed by atoms with Gasteiger partial charge in [0.25, 0.3) is 0 Å². The zero-order chi connectivity index (χ0) is 9.68. The molecule has 1 aromatic rings. The summed E-state index contributed by atoms with van der Waals surface area (Å²) < 4.78 is 0. The molecule has 1 heteroatoms. The monoisotopic (exact) mass is 175 g/mol. The SMILES string of the molecule is C/C=C\c1cc(NCC)ccc1C. The molecule has 1 N–H and O–H groups in total. The van der Waals surface area contributed by atoms with Crippen LogP contribution in [0, 0.1) is 6.92 Å². The van der Waals surface area contributed by atoms with Crippen LogP contribution in [0.5, 0.6) is 0 Å². The predicted molar refractivity (Wildman–Crippen MR) is 60.1 cm³/mol. The van der Waals surface area contributed by atoms with Crippen molar-refractivity contribution in [3.05, 3.63) is 35.4 Å². The zero-order valence-electron chi connectivity index (χ0n) is 8.59. The van der Waals surface area contributed by atoms with Gasteiger partial charge >= 0.3 is 0 Å². The minimum atomic E-state index is 0.971. The summed E-state index contributed by atoms with van der Waals surface area (Å²) in [5.41, 5.74) is 3.81. The highest BCUT2D eigenvalue weighted by Gasteiger charge is 1.95. The number of hydrogen-bond donors (Lipinski definition) is 1. The fourth-order valence-electron chi connectivity index (χ4n) is 1.31. The molecule has 0 amide bonds. The van der Waals surface area contributed by atoms with Crippen LogP contribution in [0.4, 0.5) is 5.69 Å². The Hall–Kier alpha value is -1.24. The summed E-state index contributed by atoms with van der Waals surface area (Å²) in [5.74, 6) is 0. The van der Waals surface area contributed by atoms with E-state index in [9.17, 15) is 0 Å². The Morgan fingerprint density at radius 3 is 2.77 bits per heavy atom. The van der Waals surface area contributed by atoms with E-state index < -0.39 is 0 Å². The third-order valence-corrected chi connectivity index (χ3v) is 2.01. The minimum absolute atomic E-state index is 0.971. The molecule has 0 aliphatic carbocycles. The molecule has 0 saturated carbocycles.